The SMILES string of the molecule is CC(C)COC(=O)NCc1ccc(O)c2c1C[C@H]1C[C@H]3[C@H](N(C)C)C(O)C(C(N)=O)C(=O)[C@@]3(O)C(=O)C1=C2O. The van der Waals surface area contributed by atoms with Crippen LogP contribution < -0.4 is 11.1 Å². The summed E-state index contributed by atoms with van der Waals surface area (Å²) in [5.74, 6) is -7.83. The molecule has 12 heteroatoms. The van der Waals surface area contributed by atoms with Crippen LogP contribution in [0, 0.1) is 23.7 Å². The van der Waals surface area contributed by atoms with Gasteiger partial charge in [-0.25, -0.2) is 4.79 Å². The van der Waals surface area contributed by atoms with Gasteiger partial charge < -0.3 is 41.1 Å². The van der Waals surface area contributed by atoms with Crippen molar-refractivity contribution in [3.63, 3.8) is 0 Å². The molecule has 0 heterocycles. The third kappa shape index (κ3) is 4.56. The van der Waals surface area contributed by atoms with Gasteiger partial charge in [0.25, 0.3) is 0 Å². The number of benzene rings is 1. The number of hydrogen-bond donors (Lipinski definition) is 6. The first-order valence-corrected chi connectivity index (χ1v) is 12.8. The second-order valence-electron chi connectivity index (χ2n) is 11.2. The number of amides is 2. The lowest BCUT2D eigenvalue weighted by Crippen LogP contribution is -2.73. The number of aromatic hydroxyl groups is 1. The Morgan fingerprint density at radius 2 is 1.90 bits per heavy atom. The summed E-state index contributed by atoms with van der Waals surface area (Å²) in [5.41, 5.74) is 3.47. The van der Waals surface area contributed by atoms with Gasteiger partial charge in [0.2, 0.25) is 11.7 Å². The van der Waals surface area contributed by atoms with Crippen molar-refractivity contribution in [3.8, 4) is 5.75 Å². The van der Waals surface area contributed by atoms with Gasteiger partial charge in [-0.15, -0.1) is 0 Å². The van der Waals surface area contributed by atoms with E-state index in [0.29, 0.717) is 11.1 Å². The molecule has 1 aromatic carbocycles. The van der Waals surface area contributed by atoms with Crippen molar-refractivity contribution in [1.29, 1.82) is 0 Å². The fourth-order valence-electron chi connectivity index (χ4n) is 6.30. The number of hydrogen-bond acceptors (Lipinski definition) is 10. The molecule has 2 amide bonds. The number of aliphatic hydroxyl groups is 3. The van der Waals surface area contributed by atoms with Crippen LogP contribution in [0.5, 0.6) is 5.75 Å². The van der Waals surface area contributed by atoms with E-state index in [9.17, 15) is 39.6 Å². The molecule has 7 N–H and O–H groups in total. The van der Waals surface area contributed by atoms with Crippen LogP contribution >= 0.6 is 0 Å². The van der Waals surface area contributed by atoms with Crippen LogP contribution in [0.1, 0.15) is 37.0 Å². The summed E-state index contributed by atoms with van der Waals surface area (Å²) >= 11 is 0. The summed E-state index contributed by atoms with van der Waals surface area (Å²) < 4.78 is 5.14. The monoisotopic (exact) mass is 545 g/mol. The zero-order chi connectivity index (χ0) is 29.0. The van der Waals surface area contributed by atoms with Crippen molar-refractivity contribution in [3.05, 3.63) is 34.4 Å². The van der Waals surface area contributed by atoms with Gasteiger partial charge in [0.05, 0.1) is 18.3 Å². The van der Waals surface area contributed by atoms with E-state index in [2.05, 4.69) is 5.32 Å². The number of alkyl carbamates (subject to hydrolysis) is 1. The number of primary amides is 1. The number of phenolic OH excluding ortho intramolecular Hbond substituents is 1. The predicted molar refractivity (Wildman–Crippen MR) is 137 cm³/mol. The maximum absolute atomic E-state index is 13.8. The van der Waals surface area contributed by atoms with E-state index >= 15 is 0 Å². The number of phenols is 1. The lowest BCUT2D eigenvalue weighted by atomic mass is 9.54. The normalized spacial score (nSPS) is 30.1. The summed E-state index contributed by atoms with van der Waals surface area (Å²) in [4.78, 5) is 52.9. The van der Waals surface area contributed by atoms with E-state index < -0.39 is 64.8 Å². The van der Waals surface area contributed by atoms with E-state index in [-0.39, 0.29) is 48.8 Å². The van der Waals surface area contributed by atoms with Gasteiger partial charge >= 0.3 is 6.09 Å². The highest BCUT2D eigenvalue weighted by molar-refractivity contribution is 6.25. The van der Waals surface area contributed by atoms with Crippen LogP contribution in [-0.2, 0) is 32.1 Å². The molecule has 12 nitrogen and oxygen atoms in total. The molecule has 3 aliphatic carbocycles. The number of rotatable bonds is 6. The minimum Gasteiger partial charge on any atom is -0.507 e. The van der Waals surface area contributed by atoms with Gasteiger partial charge in [0, 0.05) is 24.1 Å². The maximum Gasteiger partial charge on any atom is 0.407 e. The van der Waals surface area contributed by atoms with Crippen molar-refractivity contribution < 1.29 is 44.3 Å². The van der Waals surface area contributed by atoms with Crippen molar-refractivity contribution in [2.75, 3.05) is 20.7 Å². The van der Waals surface area contributed by atoms with Gasteiger partial charge in [0.1, 0.15) is 17.4 Å². The van der Waals surface area contributed by atoms with Crippen molar-refractivity contribution in [2.45, 2.75) is 51.0 Å². The topological polar surface area (TPSA) is 200 Å². The van der Waals surface area contributed by atoms with Gasteiger partial charge in [-0.1, -0.05) is 19.9 Å². The summed E-state index contributed by atoms with van der Waals surface area (Å²) in [6.07, 6.45) is -2.04. The molecule has 2 unspecified atom stereocenters. The Kier molecular flexibility index (Phi) is 7.50. The highest BCUT2D eigenvalue weighted by atomic mass is 16.5. The van der Waals surface area contributed by atoms with E-state index in [0.717, 1.165) is 0 Å². The molecule has 0 radical (unpaired) electrons. The van der Waals surface area contributed by atoms with Crippen LogP contribution in [-0.4, -0.2) is 87.3 Å². The minimum absolute atomic E-state index is 0.0111. The fraction of sp³-hybridized carbons (Fsp3) is 0.556. The molecule has 1 aromatic rings. The smallest absolute Gasteiger partial charge is 0.407 e. The Bertz CT molecular complexity index is 1260. The number of nitrogens with one attached hydrogen (secondary N) is 1. The zero-order valence-corrected chi connectivity index (χ0v) is 22.3. The molecular formula is C27H35N3O9. The van der Waals surface area contributed by atoms with Crippen LogP contribution in [0.2, 0.25) is 0 Å². The van der Waals surface area contributed by atoms with Crippen molar-refractivity contribution in [1.82, 2.24) is 10.2 Å². The highest BCUT2D eigenvalue weighted by Gasteiger charge is 2.67. The average Bonchev–Trinajstić information content (AvgIpc) is 2.84. The first kappa shape index (κ1) is 28.5. The molecule has 2 fully saturated rings. The lowest BCUT2D eigenvalue weighted by molar-refractivity contribution is -0.184. The van der Waals surface area contributed by atoms with Crippen molar-refractivity contribution >= 4 is 29.3 Å². The van der Waals surface area contributed by atoms with E-state index in [4.69, 9.17) is 10.5 Å². The second-order valence-corrected chi connectivity index (χ2v) is 11.2. The quantitative estimate of drug-likeness (QED) is 0.265. The summed E-state index contributed by atoms with van der Waals surface area (Å²) in [6, 6.07) is 1.93. The molecular weight excluding hydrogens is 510 g/mol. The highest BCUT2D eigenvalue weighted by Crippen LogP contribution is 2.52. The van der Waals surface area contributed by atoms with Gasteiger partial charge in [-0.2, -0.15) is 0 Å². The van der Waals surface area contributed by atoms with Crippen LogP contribution in [0.4, 0.5) is 4.79 Å². The van der Waals surface area contributed by atoms with Crippen LogP contribution in [0.3, 0.4) is 0 Å². The van der Waals surface area contributed by atoms with Gasteiger partial charge in [-0.05, 0) is 56.0 Å². The number of likely N-dealkylation sites (N-methyl/N-ethyl adjacent to an activating group) is 1. The number of Topliss-reactive ketones (excluding diaryl/α,β-unsaturated/α-hetero) is 2. The molecule has 212 valence electrons. The Balaban J connectivity index is 1.76. The molecule has 0 saturated heterocycles. The van der Waals surface area contributed by atoms with Crippen molar-refractivity contribution in [2.24, 2.45) is 29.4 Å². The average molecular weight is 546 g/mol. The molecule has 39 heavy (non-hydrogen) atoms. The standard InChI is InChI=1S/C27H35N3O9/c1-11(2)10-39-26(37)29-9-12-5-6-16(31)18-14(12)7-13-8-15-20(30(3)4)22(33)19(25(28)36)24(35)27(15,38)23(34)17(13)21(18)32/h5-6,11,13,15,19-20,22,31-33,38H,7-10H2,1-4H3,(H2,28,36)(H,29,37)/t13-,15-,19?,20-,22?,27-/m0/s1. The van der Waals surface area contributed by atoms with Crippen LogP contribution in [0.15, 0.2) is 17.7 Å². The zero-order valence-electron chi connectivity index (χ0n) is 22.3. The molecule has 0 bridgehead atoms. The molecule has 3 aliphatic rings. The summed E-state index contributed by atoms with van der Waals surface area (Å²) in [5, 5.41) is 47.1. The fourth-order valence-corrected chi connectivity index (χ4v) is 6.30. The molecule has 2 saturated carbocycles. The largest absolute Gasteiger partial charge is 0.507 e. The Labute approximate surface area is 225 Å². The molecule has 0 aliphatic heterocycles. The van der Waals surface area contributed by atoms with Gasteiger partial charge in [0.15, 0.2) is 11.4 Å². The lowest BCUT2D eigenvalue weighted by Gasteiger charge is -2.53. The number of carbonyl (C=O) groups is 4. The Morgan fingerprint density at radius 1 is 1.23 bits per heavy atom. The number of ketones is 2. The number of fused-ring (bicyclic) bond motifs is 3. The number of ether oxygens (including phenoxy) is 1. The molecule has 0 aromatic heterocycles. The third-order valence-corrected chi connectivity index (χ3v) is 8.04. The molecule has 4 rings (SSSR count). The number of nitrogens with two attached hydrogens (primary N) is 1. The van der Waals surface area contributed by atoms with Gasteiger partial charge in [-0.3, -0.25) is 14.4 Å². The molecule has 6 atom stereocenters. The minimum atomic E-state index is -2.71. The second kappa shape index (κ2) is 10.2. The van der Waals surface area contributed by atoms with E-state index in [1.54, 1.807) is 20.2 Å². The first-order valence-electron chi connectivity index (χ1n) is 12.8. The maximum atomic E-state index is 13.8. The predicted octanol–water partition coefficient (Wildman–Crippen LogP) is 0.0112. The number of carbonyl (C=O) groups excluding carboxylic acids is 4. The van der Waals surface area contributed by atoms with Crippen LogP contribution in [0.25, 0.3) is 5.76 Å². The Hall–Kier alpha value is -3.48. The molecule has 0 spiro atoms. The Morgan fingerprint density at radius 3 is 2.49 bits per heavy atom. The number of nitrogens with zero attached hydrogens (tertiary/aromatic N) is 1. The van der Waals surface area contributed by atoms with E-state index in [1.807, 2.05) is 13.8 Å². The summed E-state index contributed by atoms with van der Waals surface area (Å²) in [6.45, 7) is 4.05. The van der Waals surface area contributed by atoms with E-state index in [1.165, 1.54) is 11.0 Å². The third-order valence-electron chi connectivity index (χ3n) is 8.04. The summed E-state index contributed by atoms with van der Waals surface area (Å²) in [7, 11) is 3.18. The first-order chi connectivity index (χ1) is 18.2. The number of aliphatic hydroxyl groups excluding tert-OH is 2.